The average Bonchev–Trinajstić information content (AvgIpc) is 2.54. The molecule has 1 aliphatic heterocycles. The lowest BCUT2D eigenvalue weighted by Gasteiger charge is -2.26. The molecule has 130 valence electrons. The molecule has 0 radical (unpaired) electrons. The first-order valence-corrected chi connectivity index (χ1v) is 9.61. The highest BCUT2D eigenvalue weighted by molar-refractivity contribution is 9.10. The van der Waals surface area contributed by atoms with E-state index < -0.39 is 0 Å². The van der Waals surface area contributed by atoms with Crippen molar-refractivity contribution >= 4 is 46.0 Å². The second-order valence-electron chi connectivity index (χ2n) is 5.21. The average molecular weight is 424 g/mol. The topological polar surface area (TPSA) is 41.6 Å². The molecule has 1 aromatic carbocycles. The summed E-state index contributed by atoms with van der Waals surface area (Å²) >= 11 is 5.32. The SMILES string of the molecule is CCN(CCOc1ccc(Br)cc1)C(=O)CC1CSCCN1.Cl. The number of benzene rings is 1. The van der Waals surface area contributed by atoms with Crippen molar-refractivity contribution in [1.29, 1.82) is 0 Å². The Bertz CT molecular complexity index is 470. The third-order valence-electron chi connectivity index (χ3n) is 3.60. The first-order valence-electron chi connectivity index (χ1n) is 7.66. The number of likely N-dealkylation sites (N-methyl/N-ethyl adjacent to an activating group) is 1. The van der Waals surface area contributed by atoms with E-state index in [2.05, 4.69) is 21.2 Å². The number of halogens is 2. The molecule has 4 nitrogen and oxygen atoms in total. The van der Waals surface area contributed by atoms with Gasteiger partial charge in [-0.2, -0.15) is 11.8 Å². The van der Waals surface area contributed by atoms with Crippen LogP contribution in [0, 0.1) is 0 Å². The minimum absolute atomic E-state index is 0. The van der Waals surface area contributed by atoms with Crippen LogP contribution in [0.4, 0.5) is 0 Å². The highest BCUT2D eigenvalue weighted by atomic mass is 79.9. The fourth-order valence-electron chi connectivity index (χ4n) is 2.35. The number of hydrogen-bond acceptors (Lipinski definition) is 4. The van der Waals surface area contributed by atoms with E-state index in [1.54, 1.807) is 0 Å². The number of nitrogens with zero attached hydrogens (tertiary/aromatic N) is 1. The summed E-state index contributed by atoms with van der Waals surface area (Å²) in [5.41, 5.74) is 0. The smallest absolute Gasteiger partial charge is 0.224 e. The molecule has 1 heterocycles. The zero-order valence-corrected chi connectivity index (χ0v) is 16.5. The zero-order chi connectivity index (χ0) is 15.8. The molecule has 1 fully saturated rings. The van der Waals surface area contributed by atoms with Crippen LogP contribution in [0.3, 0.4) is 0 Å². The van der Waals surface area contributed by atoms with Crippen LogP contribution in [0.5, 0.6) is 5.75 Å². The van der Waals surface area contributed by atoms with Crippen LogP contribution >= 0.6 is 40.1 Å². The van der Waals surface area contributed by atoms with Gasteiger partial charge in [0.2, 0.25) is 5.91 Å². The maximum absolute atomic E-state index is 12.3. The number of hydrogen-bond donors (Lipinski definition) is 1. The van der Waals surface area contributed by atoms with Gasteiger partial charge in [-0.1, -0.05) is 15.9 Å². The van der Waals surface area contributed by atoms with Crippen LogP contribution in [0.1, 0.15) is 13.3 Å². The van der Waals surface area contributed by atoms with Crippen LogP contribution in [0.25, 0.3) is 0 Å². The van der Waals surface area contributed by atoms with E-state index in [1.165, 1.54) is 0 Å². The highest BCUT2D eigenvalue weighted by Crippen LogP contribution is 2.16. The largest absolute Gasteiger partial charge is 0.492 e. The fraction of sp³-hybridized carbons (Fsp3) is 0.562. The standard InChI is InChI=1S/C16H23BrN2O2S.ClH/c1-2-19(16(20)11-14-12-22-10-7-18-14)8-9-21-15-5-3-13(17)4-6-15;/h3-6,14,18H,2,7-12H2,1H3;1H. The lowest BCUT2D eigenvalue weighted by atomic mass is 10.2. The molecule has 1 amide bonds. The Labute approximate surface area is 157 Å². The lowest BCUT2D eigenvalue weighted by Crippen LogP contribution is -2.43. The molecule has 1 atom stereocenters. The van der Waals surface area contributed by atoms with Gasteiger partial charge in [-0.15, -0.1) is 12.4 Å². The molecule has 7 heteroatoms. The molecule has 0 aliphatic carbocycles. The van der Waals surface area contributed by atoms with Crippen LogP contribution in [-0.2, 0) is 4.79 Å². The number of carbonyl (C=O) groups excluding carboxylic acids is 1. The normalized spacial score (nSPS) is 17.2. The van der Waals surface area contributed by atoms with Crippen LogP contribution < -0.4 is 10.1 Å². The molecule has 1 saturated heterocycles. The summed E-state index contributed by atoms with van der Waals surface area (Å²) in [4.78, 5) is 14.2. The molecule has 0 spiro atoms. The van der Waals surface area contributed by atoms with Gasteiger partial charge in [0.1, 0.15) is 12.4 Å². The molecule has 1 unspecified atom stereocenters. The number of thioether (sulfide) groups is 1. The number of ether oxygens (including phenoxy) is 1. The summed E-state index contributed by atoms with van der Waals surface area (Å²) in [5.74, 6) is 3.21. The van der Waals surface area contributed by atoms with Crippen molar-refractivity contribution < 1.29 is 9.53 Å². The molecule has 2 rings (SSSR count). The van der Waals surface area contributed by atoms with Crippen LogP contribution in [0.2, 0.25) is 0 Å². The lowest BCUT2D eigenvalue weighted by molar-refractivity contribution is -0.131. The zero-order valence-electron chi connectivity index (χ0n) is 13.3. The van der Waals surface area contributed by atoms with E-state index in [0.29, 0.717) is 25.6 Å². The molecule has 1 aromatic rings. The van der Waals surface area contributed by atoms with Crippen molar-refractivity contribution in [3.8, 4) is 5.75 Å². The van der Waals surface area contributed by atoms with Gasteiger partial charge in [0, 0.05) is 41.5 Å². The van der Waals surface area contributed by atoms with E-state index >= 15 is 0 Å². The van der Waals surface area contributed by atoms with Crippen molar-refractivity contribution in [3.05, 3.63) is 28.7 Å². The predicted molar refractivity (Wildman–Crippen MR) is 103 cm³/mol. The number of amides is 1. The van der Waals surface area contributed by atoms with E-state index in [9.17, 15) is 4.79 Å². The predicted octanol–water partition coefficient (Wildman–Crippen LogP) is 3.19. The number of rotatable bonds is 7. The van der Waals surface area contributed by atoms with Gasteiger partial charge in [-0.3, -0.25) is 4.79 Å². The first-order chi connectivity index (χ1) is 10.7. The van der Waals surface area contributed by atoms with Gasteiger partial charge in [0.05, 0.1) is 6.54 Å². The van der Waals surface area contributed by atoms with Crippen LogP contribution in [-0.4, -0.2) is 54.6 Å². The van der Waals surface area contributed by atoms with Gasteiger partial charge in [-0.25, -0.2) is 0 Å². The summed E-state index contributed by atoms with van der Waals surface area (Å²) in [6.45, 7) is 4.89. The Hall–Kier alpha value is -0.430. The molecular formula is C16H24BrClN2O2S. The van der Waals surface area contributed by atoms with Gasteiger partial charge >= 0.3 is 0 Å². The third-order valence-corrected chi connectivity index (χ3v) is 5.26. The second kappa shape index (κ2) is 11.2. The van der Waals surface area contributed by atoms with Gasteiger partial charge in [-0.05, 0) is 31.2 Å². The molecular weight excluding hydrogens is 400 g/mol. The van der Waals surface area contributed by atoms with Gasteiger partial charge < -0.3 is 15.0 Å². The fourth-order valence-corrected chi connectivity index (χ4v) is 3.57. The Morgan fingerprint density at radius 1 is 1.43 bits per heavy atom. The minimum atomic E-state index is 0. The Kier molecular flexibility index (Phi) is 10.0. The molecule has 0 bridgehead atoms. The molecule has 23 heavy (non-hydrogen) atoms. The minimum Gasteiger partial charge on any atom is -0.492 e. The third kappa shape index (κ3) is 7.33. The summed E-state index contributed by atoms with van der Waals surface area (Å²) < 4.78 is 6.73. The molecule has 1 aliphatic rings. The van der Waals surface area contributed by atoms with E-state index in [1.807, 2.05) is 47.9 Å². The molecule has 0 saturated carbocycles. The summed E-state index contributed by atoms with van der Waals surface area (Å²) in [6, 6.07) is 8.05. The Morgan fingerprint density at radius 2 is 2.17 bits per heavy atom. The summed E-state index contributed by atoms with van der Waals surface area (Å²) in [7, 11) is 0. The summed E-state index contributed by atoms with van der Waals surface area (Å²) in [6.07, 6.45) is 0.582. The van der Waals surface area contributed by atoms with Crippen molar-refractivity contribution in [1.82, 2.24) is 10.2 Å². The maximum atomic E-state index is 12.3. The maximum Gasteiger partial charge on any atom is 0.224 e. The van der Waals surface area contributed by atoms with Gasteiger partial charge in [0.25, 0.3) is 0 Å². The van der Waals surface area contributed by atoms with E-state index in [0.717, 1.165) is 34.8 Å². The van der Waals surface area contributed by atoms with Crippen molar-refractivity contribution in [3.63, 3.8) is 0 Å². The summed E-state index contributed by atoms with van der Waals surface area (Å²) in [5, 5.41) is 3.41. The first kappa shape index (κ1) is 20.6. The second-order valence-corrected chi connectivity index (χ2v) is 7.27. The molecule has 1 N–H and O–H groups in total. The van der Waals surface area contributed by atoms with Gasteiger partial charge in [0.15, 0.2) is 0 Å². The molecule has 0 aromatic heterocycles. The highest BCUT2D eigenvalue weighted by Gasteiger charge is 2.20. The van der Waals surface area contributed by atoms with Crippen molar-refractivity contribution in [2.75, 3.05) is 37.7 Å². The number of nitrogens with one attached hydrogen (secondary N) is 1. The Balaban J connectivity index is 0.00000264. The van der Waals surface area contributed by atoms with E-state index in [4.69, 9.17) is 4.74 Å². The van der Waals surface area contributed by atoms with Crippen LogP contribution in [0.15, 0.2) is 28.7 Å². The van der Waals surface area contributed by atoms with Crippen molar-refractivity contribution in [2.24, 2.45) is 0 Å². The monoisotopic (exact) mass is 422 g/mol. The number of carbonyl (C=O) groups is 1. The van der Waals surface area contributed by atoms with E-state index in [-0.39, 0.29) is 18.3 Å². The van der Waals surface area contributed by atoms with Crippen molar-refractivity contribution in [2.45, 2.75) is 19.4 Å². The quantitative estimate of drug-likeness (QED) is 0.731. The Morgan fingerprint density at radius 3 is 2.78 bits per heavy atom.